The number of halogens is 3. The molecule has 0 saturated carbocycles. The van der Waals surface area contributed by atoms with Crippen LogP contribution in [-0.2, 0) is 6.42 Å². The highest BCUT2D eigenvalue weighted by Gasteiger charge is 2.02. The zero-order chi connectivity index (χ0) is 13.8. The van der Waals surface area contributed by atoms with Crippen LogP contribution in [0.25, 0.3) is 0 Å². The third-order valence-electron chi connectivity index (χ3n) is 2.59. The SMILES string of the molecule is Nc1cc(F)cc(NCCc2cc(F)cc(F)c2)c1. The lowest BCUT2D eigenvalue weighted by molar-refractivity contribution is 0.580. The summed E-state index contributed by atoms with van der Waals surface area (Å²) in [6, 6.07) is 7.48. The van der Waals surface area contributed by atoms with Crippen LogP contribution in [0.15, 0.2) is 36.4 Å². The molecule has 19 heavy (non-hydrogen) atoms. The van der Waals surface area contributed by atoms with Crippen LogP contribution in [0.5, 0.6) is 0 Å². The molecule has 2 aromatic carbocycles. The first kappa shape index (κ1) is 13.3. The summed E-state index contributed by atoms with van der Waals surface area (Å²) in [7, 11) is 0. The topological polar surface area (TPSA) is 38.0 Å². The van der Waals surface area contributed by atoms with Crippen molar-refractivity contribution in [2.45, 2.75) is 6.42 Å². The Bertz CT molecular complexity index is 493. The summed E-state index contributed by atoms with van der Waals surface area (Å²) in [5.41, 5.74) is 6.89. The summed E-state index contributed by atoms with van der Waals surface area (Å²) >= 11 is 0. The van der Waals surface area contributed by atoms with Crippen LogP contribution in [0, 0.1) is 17.5 Å². The van der Waals surface area contributed by atoms with Gasteiger partial charge in [0.15, 0.2) is 0 Å². The van der Waals surface area contributed by atoms with Gasteiger partial charge in [-0.25, -0.2) is 13.2 Å². The number of hydrogen-bond donors (Lipinski definition) is 2. The van der Waals surface area contributed by atoms with E-state index in [2.05, 4.69) is 5.32 Å². The minimum absolute atomic E-state index is 0.319. The van der Waals surface area contributed by atoms with E-state index in [9.17, 15) is 13.2 Å². The Hall–Kier alpha value is -2.17. The molecule has 0 heterocycles. The number of nitrogens with two attached hydrogens (primary N) is 1. The molecule has 0 aliphatic rings. The largest absolute Gasteiger partial charge is 0.399 e. The molecule has 0 saturated heterocycles. The molecule has 2 nitrogen and oxygen atoms in total. The molecular weight excluding hydrogens is 253 g/mol. The summed E-state index contributed by atoms with van der Waals surface area (Å²) in [6.07, 6.45) is 0.422. The van der Waals surface area contributed by atoms with E-state index in [1.54, 1.807) is 6.07 Å². The van der Waals surface area contributed by atoms with Crippen LogP contribution >= 0.6 is 0 Å². The van der Waals surface area contributed by atoms with Gasteiger partial charge in [-0.1, -0.05) is 0 Å². The van der Waals surface area contributed by atoms with Gasteiger partial charge in [-0.3, -0.25) is 0 Å². The van der Waals surface area contributed by atoms with Gasteiger partial charge >= 0.3 is 0 Å². The quantitative estimate of drug-likeness (QED) is 0.833. The second-order valence-corrected chi connectivity index (χ2v) is 4.23. The minimum atomic E-state index is -0.606. The number of nitrogen functional groups attached to an aromatic ring is 1. The van der Waals surface area contributed by atoms with E-state index in [1.807, 2.05) is 0 Å². The predicted molar refractivity (Wildman–Crippen MR) is 69.4 cm³/mol. The van der Waals surface area contributed by atoms with E-state index >= 15 is 0 Å². The summed E-state index contributed by atoms with van der Waals surface area (Å²) in [5, 5.41) is 2.95. The number of anilines is 2. The van der Waals surface area contributed by atoms with Gasteiger partial charge in [-0.15, -0.1) is 0 Å². The zero-order valence-corrected chi connectivity index (χ0v) is 10.1. The second kappa shape index (κ2) is 5.65. The average molecular weight is 266 g/mol. The monoisotopic (exact) mass is 266 g/mol. The molecule has 0 aliphatic carbocycles. The number of nitrogens with one attached hydrogen (secondary N) is 1. The molecule has 0 unspecified atom stereocenters. The number of hydrogen-bond acceptors (Lipinski definition) is 2. The summed E-state index contributed by atoms with van der Waals surface area (Å²) < 4.78 is 39.0. The van der Waals surface area contributed by atoms with Crippen LogP contribution < -0.4 is 11.1 Å². The highest BCUT2D eigenvalue weighted by molar-refractivity contribution is 5.54. The molecule has 2 rings (SSSR count). The lowest BCUT2D eigenvalue weighted by atomic mass is 10.1. The van der Waals surface area contributed by atoms with E-state index in [0.29, 0.717) is 29.9 Å². The number of rotatable bonds is 4. The Morgan fingerprint density at radius 3 is 2.11 bits per heavy atom. The highest BCUT2D eigenvalue weighted by Crippen LogP contribution is 2.15. The van der Waals surface area contributed by atoms with E-state index in [1.165, 1.54) is 24.3 Å². The van der Waals surface area contributed by atoms with Crippen molar-refractivity contribution >= 4 is 11.4 Å². The van der Waals surface area contributed by atoms with Crippen molar-refractivity contribution in [3.63, 3.8) is 0 Å². The van der Waals surface area contributed by atoms with E-state index in [-0.39, 0.29) is 0 Å². The molecule has 0 radical (unpaired) electrons. The lowest BCUT2D eigenvalue weighted by Gasteiger charge is -2.08. The molecular formula is C14H13F3N2. The molecule has 100 valence electrons. The number of benzene rings is 2. The standard InChI is InChI=1S/C14H13F3N2/c15-10-3-9(4-11(16)5-10)1-2-19-14-7-12(17)6-13(18)8-14/h3-8,19H,1-2,18H2. The Balaban J connectivity index is 1.96. The van der Waals surface area contributed by atoms with Crippen LogP contribution in [0.4, 0.5) is 24.5 Å². The highest BCUT2D eigenvalue weighted by atomic mass is 19.1. The molecule has 0 fully saturated rings. The normalized spacial score (nSPS) is 10.5. The van der Waals surface area contributed by atoms with Crippen molar-refractivity contribution in [2.75, 3.05) is 17.6 Å². The molecule has 0 spiro atoms. The van der Waals surface area contributed by atoms with Crippen molar-refractivity contribution < 1.29 is 13.2 Å². The van der Waals surface area contributed by atoms with Gasteiger partial charge in [-0.05, 0) is 42.3 Å². The minimum Gasteiger partial charge on any atom is -0.399 e. The molecule has 0 aliphatic heterocycles. The maximum atomic E-state index is 13.1. The molecule has 0 bridgehead atoms. The van der Waals surface area contributed by atoms with Gasteiger partial charge in [0.05, 0.1) is 0 Å². The van der Waals surface area contributed by atoms with E-state index in [4.69, 9.17) is 5.73 Å². The van der Waals surface area contributed by atoms with Gasteiger partial charge < -0.3 is 11.1 Å². The molecule has 3 N–H and O–H groups in total. The second-order valence-electron chi connectivity index (χ2n) is 4.23. The van der Waals surface area contributed by atoms with Crippen molar-refractivity contribution in [1.29, 1.82) is 0 Å². The Labute approximate surface area is 109 Å². The van der Waals surface area contributed by atoms with E-state index in [0.717, 1.165) is 6.07 Å². The van der Waals surface area contributed by atoms with Crippen LogP contribution in [0.3, 0.4) is 0 Å². The summed E-state index contributed by atoms with van der Waals surface area (Å²) in [4.78, 5) is 0. The zero-order valence-electron chi connectivity index (χ0n) is 10.1. The van der Waals surface area contributed by atoms with Gasteiger partial charge in [0.2, 0.25) is 0 Å². The van der Waals surface area contributed by atoms with Crippen LogP contribution in [0.1, 0.15) is 5.56 Å². The van der Waals surface area contributed by atoms with Crippen molar-refractivity contribution in [3.8, 4) is 0 Å². The maximum Gasteiger partial charge on any atom is 0.127 e. The van der Waals surface area contributed by atoms with Gasteiger partial charge in [0, 0.05) is 24.0 Å². The van der Waals surface area contributed by atoms with Gasteiger partial charge in [0.1, 0.15) is 17.5 Å². The van der Waals surface area contributed by atoms with Crippen molar-refractivity contribution in [1.82, 2.24) is 0 Å². The third-order valence-corrected chi connectivity index (χ3v) is 2.59. The van der Waals surface area contributed by atoms with Gasteiger partial charge in [-0.2, -0.15) is 0 Å². The fourth-order valence-corrected chi connectivity index (χ4v) is 1.82. The Morgan fingerprint density at radius 1 is 0.842 bits per heavy atom. The first-order valence-corrected chi connectivity index (χ1v) is 5.78. The first-order valence-electron chi connectivity index (χ1n) is 5.78. The smallest absolute Gasteiger partial charge is 0.127 e. The van der Waals surface area contributed by atoms with E-state index < -0.39 is 17.5 Å². The third kappa shape index (κ3) is 3.91. The maximum absolute atomic E-state index is 13.1. The van der Waals surface area contributed by atoms with Crippen LogP contribution in [0.2, 0.25) is 0 Å². The predicted octanol–water partition coefficient (Wildman–Crippen LogP) is 3.34. The first-order chi connectivity index (χ1) is 9.02. The molecule has 0 aromatic heterocycles. The molecule has 0 atom stereocenters. The molecule has 0 amide bonds. The van der Waals surface area contributed by atoms with Crippen molar-refractivity contribution in [3.05, 3.63) is 59.4 Å². The Kier molecular flexibility index (Phi) is 3.94. The Morgan fingerprint density at radius 2 is 1.47 bits per heavy atom. The molecule has 2 aromatic rings. The summed E-state index contributed by atoms with van der Waals surface area (Å²) in [5.74, 6) is -1.64. The van der Waals surface area contributed by atoms with Crippen molar-refractivity contribution in [2.24, 2.45) is 0 Å². The molecule has 5 heteroatoms. The lowest BCUT2D eigenvalue weighted by Crippen LogP contribution is -2.06. The van der Waals surface area contributed by atoms with Gasteiger partial charge in [0.25, 0.3) is 0 Å². The van der Waals surface area contributed by atoms with Crippen LogP contribution in [-0.4, -0.2) is 6.54 Å². The fourth-order valence-electron chi connectivity index (χ4n) is 1.82. The fraction of sp³-hybridized carbons (Fsp3) is 0.143. The average Bonchev–Trinajstić information content (AvgIpc) is 2.26. The summed E-state index contributed by atoms with van der Waals surface area (Å²) in [6.45, 7) is 0.422.